The highest BCUT2D eigenvalue weighted by Crippen LogP contribution is 2.06. The van der Waals surface area contributed by atoms with Gasteiger partial charge in [-0.2, -0.15) is 0 Å². The Balaban J connectivity index is 2.20. The van der Waals surface area contributed by atoms with Gasteiger partial charge in [0.1, 0.15) is 11.5 Å². The molecule has 16 heavy (non-hydrogen) atoms. The average molecular weight is 212 g/mol. The number of aliphatic imine (C=N–C) groups is 1. The molecule has 2 rings (SSSR count). The van der Waals surface area contributed by atoms with Gasteiger partial charge >= 0.3 is 0 Å². The Labute approximate surface area is 94.9 Å². The Morgan fingerprint density at radius 3 is 2.56 bits per heavy atom. The zero-order valence-electron chi connectivity index (χ0n) is 9.14. The molecule has 0 saturated carbocycles. The molecule has 1 aromatic heterocycles. The van der Waals surface area contributed by atoms with E-state index in [2.05, 4.69) is 15.3 Å². The SMILES string of the molecule is CN=C(Nc1ccc[nH+]c1)c1ccccc1. The number of amidine groups is 1. The normalized spacial score (nSPS) is 11.2. The second-order valence-corrected chi connectivity index (χ2v) is 3.36. The van der Waals surface area contributed by atoms with E-state index in [0.717, 1.165) is 17.1 Å². The van der Waals surface area contributed by atoms with Gasteiger partial charge in [-0.05, 0) is 6.07 Å². The van der Waals surface area contributed by atoms with Crippen LogP contribution >= 0.6 is 0 Å². The number of rotatable bonds is 2. The summed E-state index contributed by atoms with van der Waals surface area (Å²) < 4.78 is 0. The van der Waals surface area contributed by atoms with Crippen LogP contribution in [0.2, 0.25) is 0 Å². The number of nitrogens with zero attached hydrogens (tertiary/aromatic N) is 1. The van der Waals surface area contributed by atoms with Gasteiger partial charge < -0.3 is 5.32 Å². The van der Waals surface area contributed by atoms with Gasteiger partial charge in [0, 0.05) is 18.7 Å². The van der Waals surface area contributed by atoms with Crippen molar-refractivity contribution in [3.8, 4) is 0 Å². The minimum Gasteiger partial charge on any atom is -0.335 e. The molecule has 0 aliphatic carbocycles. The first-order valence-corrected chi connectivity index (χ1v) is 5.15. The molecule has 0 radical (unpaired) electrons. The molecule has 0 fully saturated rings. The van der Waals surface area contributed by atoms with E-state index >= 15 is 0 Å². The van der Waals surface area contributed by atoms with Crippen LogP contribution in [0.25, 0.3) is 0 Å². The first-order chi connectivity index (χ1) is 7.90. The number of benzene rings is 1. The summed E-state index contributed by atoms with van der Waals surface area (Å²) in [5.41, 5.74) is 2.07. The van der Waals surface area contributed by atoms with E-state index in [1.165, 1.54) is 0 Å². The summed E-state index contributed by atoms with van der Waals surface area (Å²) in [5, 5.41) is 3.26. The summed E-state index contributed by atoms with van der Waals surface area (Å²) in [5.74, 6) is 0.861. The molecule has 3 nitrogen and oxygen atoms in total. The minimum absolute atomic E-state index is 0.861. The Morgan fingerprint density at radius 1 is 1.12 bits per heavy atom. The van der Waals surface area contributed by atoms with Crippen molar-refractivity contribution in [3.05, 3.63) is 60.4 Å². The van der Waals surface area contributed by atoms with Crippen LogP contribution in [0.5, 0.6) is 0 Å². The lowest BCUT2D eigenvalue weighted by atomic mass is 10.2. The molecule has 0 unspecified atom stereocenters. The predicted molar refractivity (Wildman–Crippen MR) is 65.5 cm³/mol. The molecular weight excluding hydrogens is 198 g/mol. The van der Waals surface area contributed by atoms with Gasteiger partial charge in [-0.1, -0.05) is 30.3 Å². The highest BCUT2D eigenvalue weighted by atomic mass is 15.0. The van der Waals surface area contributed by atoms with Gasteiger partial charge in [0.05, 0.1) is 0 Å². The predicted octanol–water partition coefficient (Wildman–Crippen LogP) is 1.99. The maximum atomic E-state index is 4.25. The highest BCUT2D eigenvalue weighted by Gasteiger charge is 2.02. The van der Waals surface area contributed by atoms with E-state index < -0.39 is 0 Å². The third-order valence-electron chi connectivity index (χ3n) is 2.24. The van der Waals surface area contributed by atoms with Crippen LogP contribution < -0.4 is 10.3 Å². The van der Waals surface area contributed by atoms with Crippen molar-refractivity contribution in [1.82, 2.24) is 0 Å². The van der Waals surface area contributed by atoms with E-state index in [-0.39, 0.29) is 0 Å². The second kappa shape index (κ2) is 5.07. The number of hydrogen-bond acceptors (Lipinski definition) is 1. The zero-order chi connectivity index (χ0) is 11.2. The summed E-state index contributed by atoms with van der Waals surface area (Å²) in [7, 11) is 1.78. The van der Waals surface area contributed by atoms with Crippen molar-refractivity contribution >= 4 is 11.5 Å². The van der Waals surface area contributed by atoms with E-state index in [9.17, 15) is 0 Å². The van der Waals surface area contributed by atoms with Crippen molar-refractivity contribution < 1.29 is 4.98 Å². The topological polar surface area (TPSA) is 38.5 Å². The maximum Gasteiger partial charge on any atom is 0.190 e. The van der Waals surface area contributed by atoms with Crippen LogP contribution in [0, 0.1) is 0 Å². The molecule has 0 atom stereocenters. The van der Waals surface area contributed by atoms with Crippen molar-refractivity contribution in [2.24, 2.45) is 4.99 Å². The van der Waals surface area contributed by atoms with Crippen LogP contribution in [0.3, 0.4) is 0 Å². The lowest BCUT2D eigenvalue weighted by molar-refractivity contribution is -0.377. The third-order valence-corrected chi connectivity index (χ3v) is 2.24. The van der Waals surface area contributed by atoms with E-state index in [1.54, 1.807) is 7.05 Å². The number of anilines is 1. The van der Waals surface area contributed by atoms with Crippen molar-refractivity contribution in [2.45, 2.75) is 0 Å². The highest BCUT2D eigenvalue weighted by molar-refractivity contribution is 6.07. The number of nitrogens with one attached hydrogen (secondary N) is 2. The number of pyridine rings is 1. The fourth-order valence-corrected chi connectivity index (χ4v) is 1.46. The van der Waals surface area contributed by atoms with Crippen molar-refractivity contribution in [3.63, 3.8) is 0 Å². The van der Waals surface area contributed by atoms with Gasteiger partial charge in [0.25, 0.3) is 0 Å². The first kappa shape index (κ1) is 10.4. The van der Waals surface area contributed by atoms with Crippen LogP contribution in [-0.2, 0) is 0 Å². The standard InChI is InChI=1S/C13H13N3/c1-14-13(11-6-3-2-4-7-11)16-12-8-5-9-15-10-12/h2-10H,1H3,(H,14,16)/p+1. The summed E-state index contributed by atoms with van der Waals surface area (Å²) >= 11 is 0. The molecule has 80 valence electrons. The summed E-state index contributed by atoms with van der Waals surface area (Å²) in [6.07, 6.45) is 3.77. The minimum atomic E-state index is 0.861. The van der Waals surface area contributed by atoms with E-state index in [0.29, 0.717) is 0 Å². The summed E-state index contributed by atoms with van der Waals surface area (Å²) in [4.78, 5) is 7.27. The molecule has 2 aromatic rings. The van der Waals surface area contributed by atoms with Crippen LogP contribution in [0.1, 0.15) is 5.56 Å². The van der Waals surface area contributed by atoms with Crippen LogP contribution in [-0.4, -0.2) is 12.9 Å². The molecule has 1 aromatic carbocycles. The van der Waals surface area contributed by atoms with Crippen LogP contribution in [0.15, 0.2) is 59.9 Å². The van der Waals surface area contributed by atoms with Gasteiger partial charge in [-0.3, -0.25) is 4.99 Å². The zero-order valence-corrected chi connectivity index (χ0v) is 9.14. The molecule has 3 heteroatoms. The second-order valence-electron chi connectivity index (χ2n) is 3.36. The number of hydrogen-bond donors (Lipinski definition) is 1. The molecule has 2 N–H and O–H groups in total. The Morgan fingerprint density at radius 2 is 1.94 bits per heavy atom. The first-order valence-electron chi connectivity index (χ1n) is 5.15. The Bertz CT molecular complexity index is 463. The van der Waals surface area contributed by atoms with Gasteiger partial charge in [0.15, 0.2) is 12.4 Å². The molecule has 0 aliphatic heterocycles. The molecule has 0 bridgehead atoms. The number of H-pyrrole nitrogens is 1. The lowest BCUT2D eigenvalue weighted by Crippen LogP contribution is -2.15. The number of aromatic nitrogens is 1. The maximum absolute atomic E-state index is 4.25. The summed E-state index contributed by atoms with van der Waals surface area (Å²) in [6, 6.07) is 14.0. The average Bonchev–Trinajstić information content (AvgIpc) is 2.38. The van der Waals surface area contributed by atoms with E-state index in [1.807, 2.05) is 54.9 Å². The quantitative estimate of drug-likeness (QED) is 0.600. The molecule has 0 saturated heterocycles. The fourth-order valence-electron chi connectivity index (χ4n) is 1.46. The number of aromatic amines is 1. The lowest BCUT2D eigenvalue weighted by Gasteiger charge is -2.07. The third kappa shape index (κ3) is 2.45. The molecule has 0 spiro atoms. The molecule has 0 amide bonds. The molecule has 1 heterocycles. The molecule has 0 aliphatic rings. The van der Waals surface area contributed by atoms with Gasteiger partial charge in [-0.25, -0.2) is 4.98 Å². The smallest absolute Gasteiger partial charge is 0.190 e. The fraction of sp³-hybridized carbons (Fsp3) is 0.0769. The summed E-state index contributed by atoms with van der Waals surface area (Å²) in [6.45, 7) is 0. The van der Waals surface area contributed by atoms with Crippen molar-refractivity contribution in [1.29, 1.82) is 0 Å². The van der Waals surface area contributed by atoms with Crippen molar-refractivity contribution in [2.75, 3.05) is 12.4 Å². The largest absolute Gasteiger partial charge is 0.335 e. The Hall–Kier alpha value is -2.16. The van der Waals surface area contributed by atoms with Gasteiger partial charge in [-0.15, -0.1) is 0 Å². The van der Waals surface area contributed by atoms with Crippen LogP contribution in [0.4, 0.5) is 5.69 Å². The monoisotopic (exact) mass is 212 g/mol. The van der Waals surface area contributed by atoms with Gasteiger partial charge in [0.2, 0.25) is 0 Å². The Kier molecular flexibility index (Phi) is 3.28. The van der Waals surface area contributed by atoms with E-state index in [4.69, 9.17) is 0 Å². The molecular formula is C13H14N3+.